The monoisotopic (exact) mass is 209 g/mol. The Labute approximate surface area is 82.5 Å². The van der Waals surface area contributed by atoms with Crippen LogP contribution in [0.1, 0.15) is 27.7 Å². The Morgan fingerprint density at radius 3 is 2.14 bits per heavy atom. The SMILES string of the molecule is CC(NCC(F)(F)C(=O)O)C(C)(C)C. The molecule has 0 heterocycles. The Balaban J connectivity index is 4.13. The molecule has 3 nitrogen and oxygen atoms in total. The zero-order valence-electron chi connectivity index (χ0n) is 8.90. The van der Waals surface area contributed by atoms with E-state index in [0.717, 1.165) is 0 Å². The summed E-state index contributed by atoms with van der Waals surface area (Å²) in [6, 6.07) is -0.173. The molecule has 0 rings (SSSR count). The maximum absolute atomic E-state index is 12.6. The van der Waals surface area contributed by atoms with Crippen LogP contribution in [-0.2, 0) is 4.79 Å². The fourth-order valence-corrected chi connectivity index (χ4v) is 0.663. The van der Waals surface area contributed by atoms with Crippen LogP contribution in [0.25, 0.3) is 0 Å². The Morgan fingerprint density at radius 2 is 1.86 bits per heavy atom. The molecule has 0 aliphatic rings. The number of nitrogens with one attached hydrogen (secondary N) is 1. The van der Waals surface area contributed by atoms with Gasteiger partial charge >= 0.3 is 11.9 Å². The number of carboxylic acid groups (broad SMARTS) is 1. The number of carbonyl (C=O) groups is 1. The van der Waals surface area contributed by atoms with Gasteiger partial charge in [-0.1, -0.05) is 20.8 Å². The quantitative estimate of drug-likeness (QED) is 0.741. The number of hydrogen-bond donors (Lipinski definition) is 2. The predicted molar refractivity (Wildman–Crippen MR) is 49.5 cm³/mol. The second kappa shape index (κ2) is 4.21. The van der Waals surface area contributed by atoms with E-state index in [1.165, 1.54) is 0 Å². The molecule has 0 amide bonds. The molecule has 0 aromatic carbocycles. The van der Waals surface area contributed by atoms with E-state index in [2.05, 4.69) is 5.32 Å². The highest BCUT2D eigenvalue weighted by atomic mass is 19.3. The summed E-state index contributed by atoms with van der Waals surface area (Å²) in [5.74, 6) is -5.79. The van der Waals surface area contributed by atoms with E-state index < -0.39 is 18.4 Å². The highest BCUT2D eigenvalue weighted by Crippen LogP contribution is 2.20. The lowest BCUT2D eigenvalue weighted by Gasteiger charge is -2.29. The van der Waals surface area contributed by atoms with Crippen LogP contribution in [0.4, 0.5) is 8.78 Å². The maximum atomic E-state index is 12.6. The van der Waals surface area contributed by atoms with Gasteiger partial charge in [-0.3, -0.25) is 0 Å². The molecule has 0 saturated carbocycles. The van der Waals surface area contributed by atoms with E-state index in [-0.39, 0.29) is 11.5 Å². The van der Waals surface area contributed by atoms with E-state index in [1.807, 2.05) is 20.8 Å². The van der Waals surface area contributed by atoms with Crippen molar-refractivity contribution in [2.24, 2.45) is 5.41 Å². The van der Waals surface area contributed by atoms with Gasteiger partial charge in [0.05, 0.1) is 6.54 Å². The summed E-state index contributed by atoms with van der Waals surface area (Å²) in [5, 5.41) is 10.7. The number of halogens is 2. The third-order valence-corrected chi connectivity index (χ3v) is 2.24. The molecule has 0 spiro atoms. The minimum Gasteiger partial charge on any atom is -0.477 e. The number of alkyl halides is 2. The topological polar surface area (TPSA) is 49.3 Å². The number of aliphatic carboxylic acids is 1. The van der Waals surface area contributed by atoms with Crippen LogP contribution in [0.15, 0.2) is 0 Å². The van der Waals surface area contributed by atoms with Gasteiger partial charge in [0.25, 0.3) is 0 Å². The largest absolute Gasteiger partial charge is 0.477 e. The molecule has 0 bridgehead atoms. The van der Waals surface area contributed by atoms with Crippen molar-refractivity contribution in [3.63, 3.8) is 0 Å². The van der Waals surface area contributed by atoms with Gasteiger partial charge < -0.3 is 10.4 Å². The molecule has 1 unspecified atom stereocenters. The average Bonchev–Trinajstić information content (AvgIpc) is 1.98. The van der Waals surface area contributed by atoms with Gasteiger partial charge in [-0.15, -0.1) is 0 Å². The smallest absolute Gasteiger partial charge is 0.375 e. The zero-order chi connectivity index (χ0) is 11.6. The van der Waals surface area contributed by atoms with Gasteiger partial charge in [-0.2, -0.15) is 8.78 Å². The van der Waals surface area contributed by atoms with Crippen molar-refractivity contribution in [2.75, 3.05) is 6.54 Å². The highest BCUT2D eigenvalue weighted by Gasteiger charge is 2.39. The minimum atomic E-state index is -3.69. The molecule has 0 aromatic rings. The summed E-state index contributed by atoms with van der Waals surface area (Å²) in [7, 11) is 0. The molecule has 0 radical (unpaired) electrons. The third kappa shape index (κ3) is 4.00. The maximum Gasteiger partial charge on any atom is 0.375 e. The fourth-order valence-electron chi connectivity index (χ4n) is 0.663. The standard InChI is InChI=1S/C9H17F2NO2/c1-6(8(2,3)4)12-5-9(10,11)7(13)14/h6,12H,5H2,1-4H3,(H,13,14). The Kier molecular flexibility index (Phi) is 4.00. The van der Waals surface area contributed by atoms with E-state index in [0.29, 0.717) is 0 Å². The van der Waals surface area contributed by atoms with Gasteiger partial charge in [0, 0.05) is 6.04 Å². The molecule has 1 atom stereocenters. The highest BCUT2D eigenvalue weighted by molar-refractivity contribution is 5.75. The van der Waals surface area contributed by atoms with Crippen LogP contribution in [0, 0.1) is 5.41 Å². The van der Waals surface area contributed by atoms with Crippen molar-refractivity contribution >= 4 is 5.97 Å². The van der Waals surface area contributed by atoms with Crippen molar-refractivity contribution in [1.29, 1.82) is 0 Å². The van der Waals surface area contributed by atoms with Crippen LogP contribution in [0.3, 0.4) is 0 Å². The van der Waals surface area contributed by atoms with Gasteiger partial charge in [0.2, 0.25) is 0 Å². The lowest BCUT2D eigenvalue weighted by molar-refractivity contribution is -0.164. The first-order valence-electron chi connectivity index (χ1n) is 4.42. The van der Waals surface area contributed by atoms with E-state index >= 15 is 0 Å². The first-order valence-corrected chi connectivity index (χ1v) is 4.42. The summed E-state index contributed by atoms with van der Waals surface area (Å²) in [4.78, 5) is 10.1. The van der Waals surface area contributed by atoms with Gasteiger partial charge in [0.15, 0.2) is 0 Å². The lowest BCUT2D eigenvalue weighted by atomic mass is 9.88. The Bertz CT molecular complexity index is 211. The average molecular weight is 209 g/mol. The van der Waals surface area contributed by atoms with Crippen molar-refractivity contribution in [2.45, 2.75) is 39.7 Å². The normalized spacial score (nSPS) is 15.3. The molecular formula is C9H17F2NO2. The molecular weight excluding hydrogens is 192 g/mol. The summed E-state index contributed by atoms with van der Waals surface area (Å²) in [6.07, 6.45) is 0. The minimum absolute atomic E-state index is 0.172. The van der Waals surface area contributed by atoms with Crippen molar-refractivity contribution < 1.29 is 18.7 Å². The first-order chi connectivity index (χ1) is 6.07. The molecule has 0 saturated heterocycles. The summed E-state index contributed by atoms with van der Waals surface area (Å²) >= 11 is 0. The summed E-state index contributed by atoms with van der Waals surface area (Å²) in [5.41, 5.74) is -0.172. The predicted octanol–water partition coefficient (Wildman–Crippen LogP) is 1.73. The zero-order valence-corrected chi connectivity index (χ0v) is 8.90. The first kappa shape index (κ1) is 13.3. The lowest BCUT2D eigenvalue weighted by Crippen LogP contribution is -2.46. The summed E-state index contributed by atoms with van der Waals surface area (Å²) < 4.78 is 25.3. The second-order valence-electron chi connectivity index (χ2n) is 4.48. The molecule has 0 fully saturated rings. The van der Waals surface area contributed by atoms with Crippen LogP contribution in [0.5, 0.6) is 0 Å². The Hall–Kier alpha value is -0.710. The van der Waals surface area contributed by atoms with Crippen LogP contribution >= 0.6 is 0 Å². The van der Waals surface area contributed by atoms with Gasteiger partial charge in [0.1, 0.15) is 0 Å². The molecule has 2 N–H and O–H groups in total. The van der Waals surface area contributed by atoms with Crippen molar-refractivity contribution in [3.05, 3.63) is 0 Å². The summed E-state index contributed by atoms with van der Waals surface area (Å²) in [6.45, 7) is 6.59. The third-order valence-electron chi connectivity index (χ3n) is 2.24. The van der Waals surface area contributed by atoms with Crippen LogP contribution in [0.2, 0.25) is 0 Å². The molecule has 5 heteroatoms. The molecule has 0 aliphatic carbocycles. The number of carboxylic acids is 1. The van der Waals surface area contributed by atoms with Crippen molar-refractivity contribution in [3.8, 4) is 0 Å². The van der Waals surface area contributed by atoms with Crippen LogP contribution in [-0.4, -0.2) is 29.6 Å². The van der Waals surface area contributed by atoms with Crippen LogP contribution < -0.4 is 5.32 Å². The molecule has 14 heavy (non-hydrogen) atoms. The Morgan fingerprint density at radius 1 is 1.43 bits per heavy atom. The molecule has 0 aromatic heterocycles. The van der Waals surface area contributed by atoms with Crippen molar-refractivity contribution in [1.82, 2.24) is 5.32 Å². The van der Waals surface area contributed by atoms with E-state index in [4.69, 9.17) is 5.11 Å². The number of rotatable bonds is 4. The van der Waals surface area contributed by atoms with E-state index in [9.17, 15) is 13.6 Å². The number of hydrogen-bond acceptors (Lipinski definition) is 2. The van der Waals surface area contributed by atoms with Gasteiger partial charge in [-0.25, -0.2) is 4.79 Å². The van der Waals surface area contributed by atoms with E-state index in [1.54, 1.807) is 6.92 Å². The fraction of sp³-hybridized carbons (Fsp3) is 0.889. The molecule has 0 aliphatic heterocycles. The second-order valence-corrected chi connectivity index (χ2v) is 4.48. The van der Waals surface area contributed by atoms with Gasteiger partial charge in [-0.05, 0) is 12.3 Å². The molecule has 84 valence electrons.